The molecular formula is C43H90N2O6P+. The summed E-state index contributed by atoms with van der Waals surface area (Å²) in [5, 5.41) is 13.9. The maximum atomic E-state index is 12.9. The van der Waals surface area contributed by atoms with E-state index in [2.05, 4.69) is 19.2 Å². The van der Waals surface area contributed by atoms with E-state index in [1.54, 1.807) is 0 Å². The number of rotatable bonds is 41. The third kappa shape index (κ3) is 37.8. The molecule has 0 aliphatic rings. The Kier molecular flexibility index (Phi) is 35.8. The number of carbonyl (C=O) groups is 1. The van der Waals surface area contributed by atoms with E-state index in [1.165, 1.54) is 154 Å². The number of nitrogens with zero attached hydrogens (tertiary/aromatic N) is 1. The van der Waals surface area contributed by atoms with E-state index in [0.717, 1.165) is 38.5 Å². The zero-order valence-electron chi connectivity index (χ0n) is 35.3. The maximum absolute atomic E-state index is 12.9. The summed E-state index contributed by atoms with van der Waals surface area (Å²) in [6.45, 7) is 4.89. The average Bonchev–Trinajstić information content (AvgIpc) is 3.09. The van der Waals surface area contributed by atoms with Crippen LogP contribution >= 0.6 is 7.82 Å². The summed E-state index contributed by atoms with van der Waals surface area (Å²) in [5.41, 5.74) is 0. The number of phosphoric ester groups is 1. The van der Waals surface area contributed by atoms with Crippen molar-refractivity contribution in [1.29, 1.82) is 0 Å². The van der Waals surface area contributed by atoms with E-state index in [-0.39, 0.29) is 19.1 Å². The Morgan fingerprint density at radius 1 is 0.577 bits per heavy atom. The molecular weight excluding hydrogens is 671 g/mol. The molecule has 312 valence electrons. The number of unbranched alkanes of at least 4 members (excludes halogenated alkanes) is 28. The molecule has 0 aliphatic heterocycles. The number of nitrogens with one attached hydrogen (secondary N) is 1. The lowest BCUT2D eigenvalue weighted by Crippen LogP contribution is -2.46. The summed E-state index contributed by atoms with van der Waals surface area (Å²) in [6.07, 6.45) is 38.5. The number of aliphatic hydroxyl groups excluding tert-OH is 1. The van der Waals surface area contributed by atoms with Gasteiger partial charge in [-0.2, -0.15) is 0 Å². The topological polar surface area (TPSA) is 105 Å². The van der Waals surface area contributed by atoms with Gasteiger partial charge in [-0.3, -0.25) is 13.8 Å². The average molecular weight is 762 g/mol. The van der Waals surface area contributed by atoms with Crippen LogP contribution in [0.2, 0.25) is 0 Å². The SMILES string of the molecule is CCCCCCCCCCCCCCCCCCCCCCC(=O)N[C@@H](COP(=O)(O)OCC[N+](C)(C)C)[C@H](O)CCCCCCCCCCCC. The summed E-state index contributed by atoms with van der Waals surface area (Å²) >= 11 is 0. The zero-order valence-corrected chi connectivity index (χ0v) is 36.2. The van der Waals surface area contributed by atoms with Crippen molar-refractivity contribution in [3.8, 4) is 0 Å². The van der Waals surface area contributed by atoms with Crippen molar-refractivity contribution in [3.63, 3.8) is 0 Å². The molecule has 0 rings (SSSR count). The van der Waals surface area contributed by atoms with Crippen molar-refractivity contribution in [2.75, 3.05) is 40.9 Å². The number of likely N-dealkylation sites (N-methyl/N-ethyl adjacent to an activating group) is 1. The highest BCUT2D eigenvalue weighted by Gasteiger charge is 2.28. The number of quaternary nitrogens is 1. The molecule has 3 atom stereocenters. The number of hydrogen-bond acceptors (Lipinski definition) is 5. The van der Waals surface area contributed by atoms with Gasteiger partial charge in [0.2, 0.25) is 5.91 Å². The molecule has 0 bridgehead atoms. The van der Waals surface area contributed by atoms with Gasteiger partial charge in [0.25, 0.3) is 0 Å². The van der Waals surface area contributed by atoms with Gasteiger partial charge < -0.3 is 19.8 Å². The molecule has 0 aliphatic carbocycles. The van der Waals surface area contributed by atoms with Gasteiger partial charge in [-0.1, -0.05) is 200 Å². The molecule has 1 amide bonds. The third-order valence-corrected chi connectivity index (χ3v) is 11.3. The van der Waals surface area contributed by atoms with Crippen LogP contribution in [0.1, 0.15) is 219 Å². The highest BCUT2D eigenvalue weighted by Crippen LogP contribution is 2.43. The smallest absolute Gasteiger partial charge is 0.391 e. The molecule has 9 heteroatoms. The van der Waals surface area contributed by atoms with Crippen LogP contribution in [0, 0.1) is 0 Å². The molecule has 0 spiro atoms. The molecule has 0 saturated carbocycles. The van der Waals surface area contributed by atoms with Crippen molar-refractivity contribution in [3.05, 3.63) is 0 Å². The Hall–Kier alpha value is -0.500. The van der Waals surface area contributed by atoms with Gasteiger partial charge in [-0.15, -0.1) is 0 Å². The quantitative estimate of drug-likeness (QED) is 0.0325. The molecule has 0 aromatic rings. The largest absolute Gasteiger partial charge is 0.472 e. The monoisotopic (exact) mass is 762 g/mol. The molecule has 0 aromatic carbocycles. The van der Waals surface area contributed by atoms with Crippen LogP contribution in [0.5, 0.6) is 0 Å². The van der Waals surface area contributed by atoms with Crippen molar-refractivity contribution in [2.45, 2.75) is 231 Å². The normalized spacial score (nSPS) is 14.4. The molecule has 8 nitrogen and oxygen atoms in total. The molecule has 1 unspecified atom stereocenters. The summed E-state index contributed by atoms with van der Waals surface area (Å²) in [4.78, 5) is 23.1. The van der Waals surface area contributed by atoms with Crippen LogP contribution in [0.3, 0.4) is 0 Å². The second-order valence-corrected chi connectivity index (χ2v) is 18.2. The third-order valence-electron chi connectivity index (χ3n) is 10.4. The summed E-state index contributed by atoms with van der Waals surface area (Å²) in [6, 6.07) is -0.751. The standard InChI is InChI=1S/C43H89N2O6P/c1-6-8-10-12-14-16-18-19-20-21-22-23-24-25-26-27-29-31-33-35-37-43(47)44-41(40-51-52(48,49)50-39-38-45(3,4)5)42(46)36-34-32-30-28-17-15-13-11-9-7-2/h41-42,46H,6-40H2,1-5H3,(H-,44,47,48,49)/p+1/t41-,42+/m0/s1. The Labute approximate surface area is 323 Å². The first-order valence-electron chi connectivity index (χ1n) is 22.4. The minimum Gasteiger partial charge on any atom is -0.391 e. The van der Waals surface area contributed by atoms with E-state index in [4.69, 9.17) is 9.05 Å². The van der Waals surface area contributed by atoms with Gasteiger partial charge in [0.15, 0.2) is 0 Å². The first-order valence-corrected chi connectivity index (χ1v) is 23.9. The van der Waals surface area contributed by atoms with Gasteiger partial charge in [0.05, 0.1) is 39.9 Å². The second kappa shape index (κ2) is 36.2. The van der Waals surface area contributed by atoms with Gasteiger partial charge >= 0.3 is 7.82 Å². The first-order chi connectivity index (χ1) is 25.0. The van der Waals surface area contributed by atoms with Crippen LogP contribution in [0.25, 0.3) is 0 Å². The van der Waals surface area contributed by atoms with Gasteiger partial charge in [0.1, 0.15) is 13.2 Å². The predicted molar refractivity (Wildman–Crippen MR) is 222 cm³/mol. The first kappa shape index (κ1) is 51.5. The van der Waals surface area contributed by atoms with Crippen molar-refractivity contribution in [2.24, 2.45) is 0 Å². The van der Waals surface area contributed by atoms with Gasteiger partial charge in [-0.05, 0) is 12.8 Å². The van der Waals surface area contributed by atoms with Crippen LogP contribution in [-0.2, 0) is 18.4 Å². The molecule has 0 saturated heterocycles. The lowest BCUT2D eigenvalue weighted by Gasteiger charge is -2.26. The molecule has 0 heterocycles. The molecule has 0 fully saturated rings. The maximum Gasteiger partial charge on any atom is 0.472 e. The molecule has 0 aromatic heterocycles. The fourth-order valence-corrected chi connectivity index (χ4v) is 7.49. The molecule has 3 N–H and O–H groups in total. The Balaban J connectivity index is 4.21. The lowest BCUT2D eigenvalue weighted by molar-refractivity contribution is -0.870. The van der Waals surface area contributed by atoms with Crippen LogP contribution in [0.15, 0.2) is 0 Å². The number of amides is 1. The van der Waals surface area contributed by atoms with E-state index in [1.807, 2.05) is 21.1 Å². The summed E-state index contributed by atoms with van der Waals surface area (Å²) < 4.78 is 23.6. The number of phosphoric acid groups is 1. The fourth-order valence-electron chi connectivity index (χ4n) is 6.75. The van der Waals surface area contributed by atoms with E-state index in [9.17, 15) is 19.4 Å². The predicted octanol–water partition coefficient (Wildman–Crippen LogP) is 12.2. The van der Waals surface area contributed by atoms with Crippen molar-refractivity contribution in [1.82, 2.24) is 5.32 Å². The lowest BCUT2D eigenvalue weighted by atomic mass is 10.0. The van der Waals surface area contributed by atoms with Crippen LogP contribution in [0.4, 0.5) is 0 Å². The number of carbonyl (C=O) groups excluding carboxylic acids is 1. The zero-order chi connectivity index (χ0) is 38.6. The van der Waals surface area contributed by atoms with Crippen molar-refractivity contribution < 1.29 is 32.9 Å². The van der Waals surface area contributed by atoms with E-state index < -0.39 is 20.0 Å². The Morgan fingerprint density at radius 3 is 1.29 bits per heavy atom. The number of hydrogen-bond donors (Lipinski definition) is 3. The van der Waals surface area contributed by atoms with E-state index in [0.29, 0.717) is 23.9 Å². The highest BCUT2D eigenvalue weighted by atomic mass is 31.2. The summed E-state index contributed by atoms with van der Waals surface area (Å²) in [5.74, 6) is -0.142. The van der Waals surface area contributed by atoms with Crippen LogP contribution < -0.4 is 5.32 Å². The molecule has 0 radical (unpaired) electrons. The Bertz CT molecular complexity index is 824. The minimum absolute atomic E-state index is 0.0783. The number of aliphatic hydroxyl groups is 1. The fraction of sp³-hybridized carbons (Fsp3) is 0.977. The van der Waals surface area contributed by atoms with Crippen LogP contribution in [-0.4, -0.2) is 73.4 Å². The van der Waals surface area contributed by atoms with Gasteiger partial charge in [-0.25, -0.2) is 4.57 Å². The van der Waals surface area contributed by atoms with Gasteiger partial charge in [0, 0.05) is 6.42 Å². The van der Waals surface area contributed by atoms with E-state index >= 15 is 0 Å². The summed E-state index contributed by atoms with van der Waals surface area (Å²) in [7, 11) is 1.63. The highest BCUT2D eigenvalue weighted by molar-refractivity contribution is 7.47. The second-order valence-electron chi connectivity index (χ2n) is 16.8. The Morgan fingerprint density at radius 2 is 0.923 bits per heavy atom. The minimum atomic E-state index is -4.30. The molecule has 52 heavy (non-hydrogen) atoms. The van der Waals surface area contributed by atoms with Crippen molar-refractivity contribution >= 4 is 13.7 Å².